The first-order chi connectivity index (χ1) is 8.58. The maximum atomic E-state index is 12.7. The zero-order chi connectivity index (χ0) is 12.9. The third-order valence-electron chi connectivity index (χ3n) is 4.21. The molecule has 2 aliphatic rings. The summed E-state index contributed by atoms with van der Waals surface area (Å²) >= 11 is 5.96. The highest BCUT2D eigenvalue weighted by molar-refractivity contribution is 6.31. The number of amides is 1. The van der Waals surface area contributed by atoms with Crippen molar-refractivity contribution in [1.29, 1.82) is 0 Å². The first-order valence-electron chi connectivity index (χ1n) is 6.43. The van der Waals surface area contributed by atoms with E-state index in [0.29, 0.717) is 28.7 Å². The van der Waals surface area contributed by atoms with Gasteiger partial charge in [-0.25, -0.2) is 0 Å². The average molecular weight is 268 g/mol. The van der Waals surface area contributed by atoms with Gasteiger partial charge in [-0.05, 0) is 25.3 Å². The third-order valence-corrected chi connectivity index (χ3v) is 4.41. The van der Waals surface area contributed by atoms with E-state index in [1.54, 1.807) is 12.3 Å². The van der Waals surface area contributed by atoms with Crippen LogP contribution in [-0.2, 0) is 7.05 Å². The number of carbonyl (C=O) groups excluding carboxylic acids is 1. The van der Waals surface area contributed by atoms with Gasteiger partial charge in [-0.2, -0.15) is 0 Å². The monoisotopic (exact) mass is 267 g/mol. The number of halogens is 1. The lowest BCUT2D eigenvalue weighted by Gasteiger charge is -2.27. The second-order valence-corrected chi connectivity index (χ2v) is 5.87. The van der Waals surface area contributed by atoms with Crippen LogP contribution in [0.25, 0.3) is 0 Å². The Morgan fingerprint density at radius 1 is 1.50 bits per heavy atom. The summed E-state index contributed by atoms with van der Waals surface area (Å²) < 4.78 is 1.81. The molecule has 1 N–H and O–H groups in total. The van der Waals surface area contributed by atoms with Crippen molar-refractivity contribution < 1.29 is 4.79 Å². The van der Waals surface area contributed by atoms with Crippen molar-refractivity contribution in [2.75, 3.05) is 13.1 Å². The van der Waals surface area contributed by atoms with Gasteiger partial charge < -0.3 is 14.8 Å². The number of fused-ring (bicyclic) bond motifs is 1. The fourth-order valence-corrected chi connectivity index (χ4v) is 3.63. The average Bonchev–Trinajstić information content (AvgIpc) is 2.92. The summed E-state index contributed by atoms with van der Waals surface area (Å²) in [4.78, 5) is 14.7. The van der Waals surface area contributed by atoms with E-state index in [-0.39, 0.29) is 5.91 Å². The SMILES string of the molecule is CC1CC2CNCC2N1C(=O)c1cc(Cl)cn1C. The molecule has 98 valence electrons. The van der Waals surface area contributed by atoms with Gasteiger partial charge in [0.15, 0.2) is 0 Å². The van der Waals surface area contributed by atoms with Crippen LogP contribution in [0.4, 0.5) is 0 Å². The molecule has 0 saturated carbocycles. The molecule has 2 saturated heterocycles. The van der Waals surface area contributed by atoms with Crippen molar-refractivity contribution in [1.82, 2.24) is 14.8 Å². The fourth-order valence-electron chi connectivity index (χ4n) is 3.38. The minimum atomic E-state index is 0.105. The van der Waals surface area contributed by atoms with Crippen LogP contribution in [0, 0.1) is 5.92 Å². The molecule has 2 fully saturated rings. The number of nitrogens with one attached hydrogen (secondary N) is 1. The first-order valence-corrected chi connectivity index (χ1v) is 6.81. The molecule has 0 radical (unpaired) electrons. The number of aromatic nitrogens is 1. The molecule has 5 heteroatoms. The number of hydrogen-bond acceptors (Lipinski definition) is 2. The fraction of sp³-hybridized carbons (Fsp3) is 0.615. The smallest absolute Gasteiger partial charge is 0.271 e. The standard InChI is InChI=1S/C13H18ClN3O/c1-8-3-9-5-15-6-12(9)17(8)13(18)11-4-10(14)7-16(11)2/h4,7-9,12,15H,3,5-6H2,1-2H3. The zero-order valence-corrected chi connectivity index (χ0v) is 11.4. The number of rotatable bonds is 1. The highest BCUT2D eigenvalue weighted by atomic mass is 35.5. The molecule has 0 bridgehead atoms. The van der Waals surface area contributed by atoms with E-state index < -0.39 is 0 Å². The van der Waals surface area contributed by atoms with Crippen molar-refractivity contribution >= 4 is 17.5 Å². The summed E-state index contributed by atoms with van der Waals surface area (Å²) in [6.07, 6.45) is 2.88. The Hall–Kier alpha value is -1.00. The summed E-state index contributed by atoms with van der Waals surface area (Å²) in [5.41, 5.74) is 0.680. The molecule has 4 nitrogen and oxygen atoms in total. The van der Waals surface area contributed by atoms with Gasteiger partial charge in [0.25, 0.3) is 5.91 Å². The maximum absolute atomic E-state index is 12.7. The molecule has 1 amide bonds. The number of likely N-dealkylation sites (tertiary alicyclic amines) is 1. The van der Waals surface area contributed by atoms with E-state index in [1.807, 2.05) is 16.5 Å². The molecular weight excluding hydrogens is 250 g/mol. The predicted molar refractivity (Wildman–Crippen MR) is 70.8 cm³/mol. The first kappa shape index (κ1) is 12.1. The second kappa shape index (κ2) is 4.28. The molecule has 2 aliphatic heterocycles. The van der Waals surface area contributed by atoms with Gasteiger partial charge in [-0.15, -0.1) is 0 Å². The Kier molecular flexibility index (Phi) is 2.87. The van der Waals surface area contributed by atoms with Gasteiger partial charge >= 0.3 is 0 Å². The zero-order valence-electron chi connectivity index (χ0n) is 10.7. The molecule has 3 atom stereocenters. The minimum Gasteiger partial charge on any atom is -0.345 e. The van der Waals surface area contributed by atoms with Crippen LogP contribution in [0.2, 0.25) is 5.02 Å². The third kappa shape index (κ3) is 1.75. The molecule has 1 aromatic rings. The molecule has 0 aromatic carbocycles. The van der Waals surface area contributed by atoms with E-state index in [9.17, 15) is 4.79 Å². The van der Waals surface area contributed by atoms with Crippen molar-refractivity contribution in [3.05, 3.63) is 23.0 Å². The summed E-state index contributed by atoms with van der Waals surface area (Å²) in [6, 6.07) is 2.43. The van der Waals surface area contributed by atoms with E-state index in [1.165, 1.54) is 0 Å². The molecule has 3 unspecified atom stereocenters. The molecule has 0 aliphatic carbocycles. The van der Waals surface area contributed by atoms with Crippen LogP contribution in [-0.4, -0.2) is 40.5 Å². The van der Waals surface area contributed by atoms with Crippen molar-refractivity contribution in [3.63, 3.8) is 0 Å². The molecule has 18 heavy (non-hydrogen) atoms. The number of nitrogens with zero attached hydrogens (tertiary/aromatic N) is 2. The molecule has 3 rings (SSSR count). The van der Waals surface area contributed by atoms with E-state index in [0.717, 1.165) is 19.5 Å². The van der Waals surface area contributed by atoms with Crippen molar-refractivity contribution in [2.24, 2.45) is 13.0 Å². The minimum absolute atomic E-state index is 0.105. The van der Waals surface area contributed by atoms with Gasteiger partial charge in [-0.1, -0.05) is 11.6 Å². The highest BCUT2D eigenvalue weighted by Crippen LogP contribution is 2.33. The van der Waals surface area contributed by atoms with Crippen molar-refractivity contribution in [2.45, 2.75) is 25.4 Å². The maximum Gasteiger partial charge on any atom is 0.271 e. The topological polar surface area (TPSA) is 37.3 Å². The van der Waals surface area contributed by atoms with E-state index in [2.05, 4.69) is 12.2 Å². The van der Waals surface area contributed by atoms with Crippen LogP contribution in [0.15, 0.2) is 12.3 Å². The summed E-state index contributed by atoms with van der Waals surface area (Å²) in [5, 5.41) is 3.99. The van der Waals surface area contributed by atoms with Gasteiger partial charge in [0.05, 0.1) is 5.02 Å². The van der Waals surface area contributed by atoms with Gasteiger partial charge in [-0.3, -0.25) is 4.79 Å². The molecule has 3 heterocycles. The number of hydrogen-bond donors (Lipinski definition) is 1. The van der Waals surface area contributed by atoms with Crippen LogP contribution in [0.3, 0.4) is 0 Å². The van der Waals surface area contributed by atoms with Crippen LogP contribution in [0.1, 0.15) is 23.8 Å². The molecular formula is C13H18ClN3O. The Morgan fingerprint density at radius 3 is 2.94 bits per heavy atom. The summed E-state index contributed by atoms with van der Waals surface area (Å²) in [7, 11) is 1.87. The molecule has 1 aromatic heterocycles. The lowest BCUT2D eigenvalue weighted by atomic mass is 10.0. The summed E-state index contributed by atoms with van der Waals surface area (Å²) in [5.74, 6) is 0.716. The van der Waals surface area contributed by atoms with Crippen molar-refractivity contribution in [3.8, 4) is 0 Å². The van der Waals surface area contributed by atoms with E-state index >= 15 is 0 Å². The lowest BCUT2D eigenvalue weighted by molar-refractivity contribution is 0.0672. The Bertz CT molecular complexity index is 485. The Labute approximate surface area is 112 Å². The normalized spacial score (nSPS) is 30.8. The predicted octanol–water partition coefficient (Wildman–Crippen LogP) is 1.50. The second-order valence-electron chi connectivity index (χ2n) is 5.44. The van der Waals surface area contributed by atoms with Gasteiger partial charge in [0.1, 0.15) is 5.69 Å². The largest absolute Gasteiger partial charge is 0.345 e. The molecule has 0 spiro atoms. The Balaban J connectivity index is 1.90. The van der Waals surface area contributed by atoms with Gasteiger partial charge in [0.2, 0.25) is 0 Å². The van der Waals surface area contributed by atoms with Crippen LogP contribution < -0.4 is 5.32 Å². The Morgan fingerprint density at radius 2 is 2.28 bits per heavy atom. The van der Waals surface area contributed by atoms with E-state index in [4.69, 9.17) is 11.6 Å². The summed E-state index contributed by atoms with van der Waals surface area (Å²) in [6.45, 7) is 4.09. The van der Waals surface area contributed by atoms with Gasteiger partial charge in [0, 0.05) is 38.4 Å². The lowest BCUT2D eigenvalue weighted by Crippen LogP contribution is -2.43. The number of carbonyl (C=O) groups is 1. The van der Waals surface area contributed by atoms with Crippen LogP contribution >= 0.6 is 11.6 Å². The van der Waals surface area contributed by atoms with Crippen LogP contribution in [0.5, 0.6) is 0 Å². The quantitative estimate of drug-likeness (QED) is 0.837. The highest BCUT2D eigenvalue weighted by Gasteiger charge is 2.44. The number of aryl methyl sites for hydroxylation is 1.